The Morgan fingerprint density at radius 1 is 1.24 bits per heavy atom. The highest BCUT2D eigenvalue weighted by Crippen LogP contribution is 2.32. The summed E-state index contributed by atoms with van der Waals surface area (Å²) in [5.41, 5.74) is 2.72. The van der Waals surface area contributed by atoms with Crippen molar-refractivity contribution < 1.29 is 0 Å². The van der Waals surface area contributed by atoms with Gasteiger partial charge in [-0.05, 0) is 31.2 Å². The van der Waals surface area contributed by atoms with Crippen LogP contribution in [-0.2, 0) is 0 Å². The summed E-state index contributed by atoms with van der Waals surface area (Å²) in [4.78, 5) is 0. The Morgan fingerprint density at radius 3 is 2.65 bits per heavy atom. The van der Waals surface area contributed by atoms with Crippen LogP contribution in [0.1, 0.15) is 44.1 Å². The monoisotopic (exact) mass is 229 g/mol. The Bertz CT molecular complexity index is 355. The molecule has 0 radical (unpaired) electrons. The summed E-state index contributed by atoms with van der Waals surface area (Å²) in [5, 5.41) is 3.67. The molecule has 1 nitrogen and oxygen atoms in total. The first kappa shape index (κ1) is 12.4. The third-order valence-corrected chi connectivity index (χ3v) is 3.66. The van der Waals surface area contributed by atoms with Gasteiger partial charge in [0.05, 0.1) is 0 Å². The molecule has 0 heterocycles. The van der Waals surface area contributed by atoms with E-state index in [9.17, 15) is 0 Å². The summed E-state index contributed by atoms with van der Waals surface area (Å²) in [6, 6.07) is 11.6. The van der Waals surface area contributed by atoms with Crippen molar-refractivity contribution in [3.63, 3.8) is 0 Å². The topological polar surface area (TPSA) is 12.0 Å². The van der Waals surface area contributed by atoms with Gasteiger partial charge in [0, 0.05) is 12.6 Å². The number of hydrogen-bond acceptors (Lipinski definition) is 1. The van der Waals surface area contributed by atoms with Gasteiger partial charge < -0.3 is 5.32 Å². The SMILES string of the molecule is C=C(C)CNC1CCCCC1c1ccccc1. The summed E-state index contributed by atoms with van der Waals surface area (Å²) in [6.45, 7) is 7.02. The number of hydrogen-bond donors (Lipinski definition) is 1. The molecule has 2 unspecified atom stereocenters. The van der Waals surface area contributed by atoms with Crippen LogP contribution >= 0.6 is 0 Å². The van der Waals surface area contributed by atoms with E-state index in [4.69, 9.17) is 0 Å². The fourth-order valence-corrected chi connectivity index (χ4v) is 2.78. The van der Waals surface area contributed by atoms with Crippen molar-refractivity contribution in [2.24, 2.45) is 0 Å². The number of rotatable bonds is 4. The van der Waals surface area contributed by atoms with Gasteiger partial charge in [0.1, 0.15) is 0 Å². The lowest BCUT2D eigenvalue weighted by molar-refractivity contribution is 0.335. The highest BCUT2D eigenvalue weighted by atomic mass is 14.9. The molecule has 0 aliphatic heterocycles. The Morgan fingerprint density at radius 2 is 1.94 bits per heavy atom. The Kier molecular flexibility index (Phi) is 4.38. The van der Waals surface area contributed by atoms with Crippen LogP contribution in [0, 0.1) is 0 Å². The van der Waals surface area contributed by atoms with Crippen molar-refractivity contribution in [1.29, 1.82) is 0 Å². The maximum Gasteiger partial charge on any atom is 0.0161 e. The molecule has 1 N–H and O–H groups in total. The average Bonchev–Trinajstić information content (AvgIpc) is 2.38. The van der Waals surface area contributed by atoms with Gasteiger partial charge in [-0.15, -0.1) is 0 Å². The fourth-order valence-electron chi connectivity index (χ4n) is 2.78. The van der Waals surface area contributed by atoms with Crippen LogP contribution in [0.2, 0.25) is 0 Å². The van der Waals surface area contributed by atoms with E-state index in [1.165, 1.54) is 36.8 Å². The smallest absolute Gasteiger partial charge is 0.0161 e. The molecule has 0 amide bonds. The quantitative estimate of drug-likeness (QED) is 0.773. The predicted octanol–water partition coefficient (Wildman–Crippen LogP) is 3.88. The summed E-state index contributed by atoms with van der Waals surface area (Å²) < 4.78 is 0. The Hall–Kier alpha value is -1.08. The third-order valence-electron chi connectivity index (χ3n) is 3.66. The Balaban J connectivity index is 2.04. The maximum atomic E-state index is 3.97. The van der Waals surface area contributed by atoms with Gasteiger partial charge in [-0.25, -0.2) is 0 Å². The molecule has 0 spiro atoms. The number of benzene rings is 1. The van der Waals surface area contributed by atoms with Crippen molar-refractivity contribution in [2.45, 2.75) is 44.6 Å². The molecule has 0 saturated heterocycles. The first-order valence-corrected chi connectivity index (χ1v) is 6.70. The standard InChI is InChI=1S/C16H23N/c1-13(2)12-17-16-11-7-6-10-15(16)14-8-4-3-5-9-14/h3-5,8-9,15-17H,1,6-7,10-12H2,2H3. The summed E-state index contributed by atoms with van der Waals surface area (Å²) in [7, 11) is 0. The third kappa shape index (κ3) is 3.44. The van der Waals surface area contributed by atoms with Crippen molar-refractivity contribution in [3.05, 3.63) is 48.0 Å². The van der Waals surface area contributed by atoms with Gasteiger partial charge in [-0.1, -0.05) is 55.3 Å². The second kappa shape index (κ2) is 6.02. The average molecular weight is 229 g/mol. The van der Waals surface area contributed by atoms with Gasteiger partial charge in [-0.3, -0.25) is 0 Å². The predicted molar refractivity (Wildman–Crippen MR) is 74.3 cm³/mol. The highest BCUT2D eigenvalue weighted by molar-refractivity contribution is 5.22. The lowest BCUT2D eigenvalue weighted by Crippen LogP contribution is -2.37. The van der Waals surface area contributed by atoms with E-state index in [1.807, 2.05) is 0 Å². The first-order chi connectivity index (χ1) is 8.27. The molecule has 17 heavy (non-hydrogen) atoms. The molecule has 0 bridgehead atoms. The van der Waals surface area contributed by atoms with Crippen LogP contribution in [0.5, 0.6) is 0 Å². The van der Waals surface area contributed by atoms with E-state index < -0.39 is 0 Å². The highest BCUT2D eigenvalue weighted by Gasteiger charge is 2.25. The molecule has 1 aliphatic rings. The van der Waals surface area contributed by atoms with Crippen molar-refractivity contribution in [1.82, 2.24) is 5.32 Å². The molecule has 1 aromatic rings. The minimum absolute atomic E-state index is 0.628. The van der Waals surface area contributed by atoms with E-state index in [0.29, 0.717) is 12.0 Å². The van der Waals surface area contributed by atoms with Crippen molar-refractivity contribution in [3.8, 4) is 0 Å². The first-order valence-electron chi connectivity index (χ1n) is 6.70. The van der Waals surface area contributed by atoms with Crippen molar-refractivity contribution in [2.75, 3.05) is 6.54 Å². The minimum Gasteiger partial charge on any atom is -0.310 e. The normalized spacial score (nSPS) is 24.5. The molecule has 1 fully saturated rings. The van der Waals surface area contributed by atoms with E-state index in [2.05, 4.69) is 49.2 Å². The van der Waals surface area contributed by atoms with Crippen LogP contribution in [0.4, 0.5) is 0 Å². The van der Waals surface area contributed by atoms with E-state index in [1.54, 1.807) is 0 Å². The molecular weight excluding hydrogens is 206 g/mol. The Labute approximate surface area is 105 Å². The summed E-state index contributed by atoms with van der Waals surface area (Å²) in [5.74, 6) is 0.685. The summed E-state index contributed by atoms with van der Waals surface area (Å²) >= 11 is 0. The molecule has 0 aromatic heterocycles. The number of nitrogens with one attached hydrogen (secondary N) is 1. The largest absolute Gasteiger partial charge is 0.310 e. The van der Waals surface area contributed by atoms with E-state index >= 15 is 0 Å². The molecule has 1 aliphatic carbocycles. The molecular formula is C16H23N. The molecule has 1 aromatic carbocycles. The maximum absolute atomic E-state index is 3.97. The summed E-state index contributed by atoms with van der Waals surface area (Å²) in [6.07, 6.45) is 5.34. The van der Waals surface area contributed by atoms with Gasteiger partial charge in [-0.2, -0.15) is 0 Å². The van der Waals surface area contributed by atoms with Crippen LogP contribution in [0.3, 0.4) is 0 Å². The molecule has 1 saturated carbocycles. The van der Waals surface area contributed by atoms with Crippen LogP contribution in [0.15, 0.2) is 42.5 Å². The van der Waals surface area contributed by atoms with Gasteiger partial charge >= 0.3 is 0 Å². The van der Waals surface area contributed by atoms with Crippen molar-refractivity contribution >= 4 is 0 Å². The minimum atomic E-state index is 0.628. The van der Waals surface area contributed by atoms with Crippen LogP contribution < -0.4 is 5.32 Å². The van der Waals surface area contributed by atoms with Gasteiger partial charge in [0.2, 0.25) is 0 Å². The second-order valence-electron chi connectivity index (χ2n) is 5.25. The van der Waals surface area contributed by atoms with E-state index in [0.717, 1.165) is 6.54 Å². The van der Waals surface area contributed by atoms with Crippen LogP contribution in [-0.4, -0.2) is 12.6 Å². The van der Waals surface area contributed by atoms with Crippen LogP contribution in [0.25, 0.3) is 0 Å². The zero-order chi connectivity index (χ0) is 12.1. The second-order valence-corrected chi connectivity index (χ2v) is 5.25. The molecule has 92 valence electrons. The zero-order valence-corrected chi connectivity index (χ0v) is 10.8. The molecule has 2 atom stereocenters. The van der Waals surface area contributed by atoms with E-state index in [-0.39, 0.29) is 0 Å². The molecule has 2 rings (SSSR count). The van der Waals surface area contributed by atoms with Gasteiger partial charge in [0.15, 0.2) is 0 Å². The zero-order valence-electron chi connectivity index (χ0n) is 10.8. The molecule has 1 heteroatoms. The lowest BCUT2D eigenvalue weighted by Gasteiger charge is -2.33. The fraction of sp³-hybridized carbons (Fsp3) is 0.500. The lowest BCUT2D eigenvalue weighted by atomic mass is 9.80. The van der Waals surface area contributed by atoms with Gasteiger partial charge in [0.25, 0.3) is 0 Å².